The molecular weight excluding hydrogens is 1050 g/mol. The number of nitrogens with zero attached hydrogens (tertiary/aromatic N) is 3. The first-order chi connectivity index (χ1) is 39.0. The van der Waals surface area contributed by atoms with Gasteiger partial charge in [0.25, 0.3) is 17.1 Å². The van der Waals surface area contributed by atoms with Crippen LogP contribution in [0.1, 0.15) is 160 Å². The second-order valence-electron chi connectivity index (χ2n) is 25.5. The minimum absolute atomic E-state index is 0.0860. The van der Waals surface area contributed by atoms with E-state index < -0.39 is 31.0 Å². The van der Waals surface area contributed by atoms with Crippen molar-refractivity contribution >= 4 is 23.3 Å². The minimum Gasteiger partial charge on any atom is -0.457 e. The maximum Gasteiger partial charge on any atom is 0.269 e. The van der Waals surface area contributed by atoms with Gasteiger partial charge in [0.05, 0.1) is 14.8 Å². The topological polar surface area (TPSA) is 183 Å². The Kier molecular flexibility index (Phi) is 16.0. The second-order valence-corrected chi connectivity index (χ2v) is 25.5. The van der Waals surface area contributed by atoms with Crippen molar-refractivity contribution in [1.82, 2.24) is 0 Å². The van der Waals surface area contributed by atoms with Gasteiger partial charge in [-0.3, -0.25) is 35.1 Å². The van der Waals surface area contributed by atoms with Gasteiger partial charge < -0.3 is 18.9 Å². The van der Waals surface area contributed by atoms with E-state index in [1.165, 1.54) is 36.4 Å². The number of rotatable bonds is 12. The van der Waals surface area contributed by atoms with Gasteiger partial charge in [-0.1, -0.05) is 132 Å². The molecule has 0 spiro atoms. The molecule has 426 valence electrons. The molecule has 0 aliphatic heterocycles. The zero-order chi connectivity index (χ0) is 59.9. The molecule has 1 aliphatic carbocycles. The summed E-state index contributed by atoms with van der Waals surface area (Å²) in [5.74, 6) is 3.80. The molecule has 0 saturated heterocycles. The van der Waals surface area contributed by atoms with Crippen LogP contribution in [0.15, 0.2) is 146 Å². The van der Waals surface area contributed by atoms with Gasteiger partial charge in [0.1, 0.15) is 52.3 Å². The molecule has 0 heterocycles. The summed E-state index contributed by atoms with van der Waals surface area (Å²) in [4.78, 5) is 46.5. The largest absolute Gasteiger partial charge is 0.457 e. The van der Waals surface area contributed by atoms with Crippen molar-refractivity contribution in [1.29, 1.82) is 0 Å². The van der Waals surface area contributed by atoms with Crippen molar-refractivity contribution in [2.75, 3.05) is 0 Å². The molecule has 0 fully saturated rings. The highest BCUT2D eigenvalue weighted by atomic mass is 16.6. The molecule has 0 radical (unpaired) electrons. The Hall–Kier alpha value is -9.17. The molecule has 0 aromatic heterocycles. The number of fused-ring (bicyclic) bond motifs is 8. The standard InChI is InChI=1S/C69H69N3O11/c1-66(2,3)51-33-43-29-45-35-52(67(4,5)6)37-47(63(45)81-59-23-15-55(16-24-59)70(74)75)31-49-39-54(69(10,11)12)40-50(65(49)83-61-27-19-57(20-28-61)72(78)79)32-48-38-53(68(7,8)9)36-46(64(48)82-60-25-17-56(18-26-60)71(76)77)30-44(34-51)62(43)80-58-21-13-42(41-73)14-22-58/h13-28,33-41H,29-32H2,1-12H3. The van der Waals surface area contributed by atoms with Crippen LogP contribution >= 0.6 is 0 Å². The van der Waals surface area contributed by atoms with Crippen LogP contribution in [0.25, 0.3) is 0 Å². The fraction of sp³-hybridized carbons (Fsp3) is 0.290. The number of hydrogen-bond acceptors (Lipinski definition) is 11. The van der Waals surface area contributed by atoms with Crippen LogP contribution in [-0.4, -0.2) is 21.1 Å². The molecule has 8 aromatic carbocycles. The molecule has 0 atom stereocenters. The fourth-order valence-electron chi connectivity index (χ4n) is 10.1. The summed E-state index contributed by atoms with van der Waals surface area (Å²) >= 11 is 0. The number of non-ortho nitro benzene ring substituents is 3. The molecular formula is C69H69N3O11. The van der Waals surface area contributed by atoms with E-state index in [1.54, 1.807) is 60.7 Å². The van der Waals surface area contributed by atoms with Crippen molar-refractivity contribution < 1.29 is 38.5 Å². The Morgan fingerprint density at radius 1 is 0.325 bits per heavy atom. The van der Waals surface area contributed by atoms with Gasteiger partial charge in [0, 0.05) is 67.6 Å². The molecule has 8 aromatic rings. The van der Waals surface area contributed by atoms with Crippen molar-refractivity contribution in [3.05, 3.63) is 248 Å². The van der Waals surface area contributed by atoms with Gasteiger partial charge in [0.15, 0.2) is 0 Å². The van der Waals surface area contributed by atoms with Crippen molar-refractivity contribution in [3.63, 3.8) is 0 Å². The van der Waals surface area contributed by atoms with E-state index in [2.05, 4.69) is 132 Å². The molecule has 0 amide bonds. The highest BCUT2D eigenvalue weighted by molar-refractivity contribution is 5.75. The van der Waals surface area contributed by atoms with E-state index in [4.69, 9.17) is 18.9 Å². The lowest BCUT2D eigenvalue weighted by molar-refractivity contribution is -0.385. The van der Waals surface area contributed by atoms with Gasteiger partial charge >= 0.3 is 0 Å². The summed E-state index contributed by atoms with van der Waals surface area (Å²) in [5, 5.41) is 35.9. The van der Waals surface area contributed by atoms with Crippen molar-refractivity contribution in [3.8, 4) is 46.0 Å². The predicted molar refractivity (Wildman–Crippen MR) is 323 cm³/mol. The number of nitro groups is 3. The minimum atomic E-state index is -0.451. The molecule has 8 bridgehead atoms. The first-order valence-corrected chi connectivity index (χ1v) is 27.7. The first-order valence-electron chi connectivity index (χ1n) is 27.7. The van der Waals surface area contributed by atoms with E-state index in [-0.39, 0.29) is 48.2 Å². The second kappa shape index (κ2) is 22.6. The zero-order valence-electron chi connectivity index (χ0n) is 49.1. The molecule has 9 rings (SSSR count). The van der Waals surface area contributed by atoms with Crippen LogP contribution < -0.4 is 18.9 Å². The molecule has 0 N–H and O–H groups in total. The highest BCUT2D eigenvalue weighted by Crippen LogP contribution is 2.47. The van der Waals surface area contributed by atoms with Crippen molar-refractivity contribution in [2.45, 2.75) is 130 Å². The summed E-state index contributed by atoms with van der Waals surface area (Å²) in [5.41, 5.74) is 9.15. The lowest BCUT2D eigenvalue weighted by Gasteiger charge is -2.29. The van der Waals surface area contributed by atoms with Gasteiger partial charge in [-0.25, -0.2) is 0 Å². The van der Waals surface area contributed by atoms with Gasteiger partial charge in [-0.05, 0) is 149 Å². The number of hydrogen-bond donors (Lipinski definition) is 0. The van der Waals surface area contributed by atoms with E-state index in [1.807, 2.05) is 0 Å². The average molecular weight is 1120 g/mol. The summed E-state index contributed by atoms with van der Waals surface area (Å²) in [6.45, 7) is 25.9. The normalized spacial score (nSPS) is 12.7. The summed E-state index contributed by atoms with van der Waals surface area (Å²) < 4.78 is 28.5. The van der Waals surface area contributed by atoms with E-state index >= 15 is 0 Å². The highest BCUT2D eigenvalue weighted by Gasteiger charge is 2.31. The quantitative estimate of drug-likeness (QED) is 0.0644. The number of nitro benzene ring substituents is 3. The van der Waals surface area contributed by atoms with E-state index in [0.717, 1.165) is 73.0 Å². The lowest BCUT2D eigenvalue weighted by atomic mass is 9.79. The third kappa shape index (κ3) is 13.4. The Morgan fingerprint density at radius 2 is 0.506 bits per heavy atom. The Labute approximate surface area is 484 Å². The molecule has 14 heteroatoms. The summed E-state index contributed by atoms with van der Waals surface area (Å²) in [6.07, 6.45) is 1.83. The maximum atomic E-state index is 12.0. The SMILES string of the molecule is CC(C)(C)c1cc2c(Oc3ccc(C=O)cc3)c(c1)Cc1cc(C(C)(C)C)cc(c1Oc1ccc([N+](=O)[O-])cc1)Cc1cc(C(C)(C)C)cc(c1Oc1ccc([N+](=O)[O-])cc1)Cc1cc(C(C)(C)C)cc(c1Oc1ccc([N+](=O)[O-])cc1)C2. The van der Waals surface area contributed by atoms with Crippen molar-refractivity contribution in [2.24, 2.45) is 0 Å². The molecule has 14 nitrogen and oxygen atoms in total. The van der Waals surface area contributed by atoms with E-state index in [9.17, 15) is 35.1 Å². The lowest BCUT2D eigenvalue weighted by Crippen LogP contribution is -2.17. The van der Waals surface area contributed by atoms with Crippen LogP contribution in [0.4, 0.5) is 17.1 Å². The number of ether oxygens (including phenoxy) is 4. The Morgan fingerprint density at radius 3 is 0.663 bits per heavy atom. The third-order valence-corrected chi connectivity index (χ3v) is 15.0. The first kappa shape index (κ1) is 58.5. The number of benzene rings is 8. The van der Waals surface area contributed by atoms with Crippen LogP contribution in [0.3, 0.4) is 0 Å². The summed E-state index contributed by atoms with van der Waals surface area (Å²) in [7, 11) is 0. The molecule has 83 heavy (non-hydrogen) atoms. The van der Waals surface area contributed by atoms with Gasteiger partial charge in [0.2, 0.25) is 0 Å². The summed E-state index contributed by atoms with van der Waals surface area (Å²) in [6, 6.07) is 42.4. The van der Waals surface area contributed by atoms with Crippen LogP contribution in [0, 0.1) is 30.3 Å². The maximum absolute atomic E-state index is 12.0. The Bertz CT molecular complexity index is 3630. The number of carbonyl (C=O) groups excluding carboxylic acids is 1. The molecule has 1 aliphatic rings. The van der Waals surface area contributed by atoms with Crippen LogP contribution in [0.2, 0.25) is 0 Å². The number of aldehydes is 1. The van der Waals surface area contributed by atoms with Gasteiger partial charge in [-0.15, -0.1) is 0 Å². The third-order valence-electron chi connectivity index (χ3n) is 15.0. The predicted octanol–water partition coefficient (Wildman–Crippen LogP) is 18.3. The smallest absolute Gasteiger partial charge is 0.269 e. The molecule has 0 saturated carbocycles. The molecule has 0 unspecified atom stereocenters. The fourth-order valence-corrected chi connectivity index (χ4v) is 10.1. The monoisotopic (exact) mass is 1120 g/mol. The Balaban J connectivity index is 1.44. The number of carbonyl (C=O) groups is 1. The van der Waals surface area contributed by atoms with Gasteiger partial charge in [-0.2, -0.15) is 0 Å². The average Bonchev–Trinajstić information content (AvgIpc) is 3.62. The zero-order valence-corrected chi connectivity index (χ0v) is 49.1. The van der Waals surface area contributed by atoms with Crippen LogP contribution in [-0.2, 0) is 47.3 Å². The van der Waals surface area contributed by atoms with E-state index in [0.29, 0.717) is 51.6 Å². The van der Waals surface area contributed by atoms with Crippen LogP contribution in [0.5, 0.6) is 46.0 Å².